The van der Waals surface area contributed by atoms with E-state index in [2.05, 4.69) is 10.5 Å². The van der Waals surface area contributed by atoms with Gasteiger partial charge in [-0.15, -0.1) is 0 Å². The number of aromatic nitrogens is 1. The van der Waals surface area contributed by atoms with Crippen molar-refractivity contribution >= 4 is 5.97 Å². The van der Waals surface area contributed by atoms with Crippen LogP contribution in [0.4, 0.5) is 0 Å². The third-order valence-electron chi connectivity index (χ3n) is 2.25. The molecule has 1 rings (SSSR count). The summed E-state index contributed by atoms with van der Waals surface area (Å²) >= 11 is 0. The molecule has 0 spiro atoms. The first-order chi connectivity index (χ1) is 8.92. The van der Waals surface area contributed by atoms with E-state index in [9.17, 15) is 4.79 Å². The highest BCUT2D eigenvalue weighted by molar-refractivity contribution is 5.70. The summed E-state index contributed by atoms with van der Waals surface area (Å²) in [7, 11) is 1.61. The van der Waals surface area contributed by atoms with Gasteiger partial charge in [0.25, 0.3) is 0 Å². The van der Waals surface area contributed by atoms with E-state index in [1.54, 1.807) is 13.4 Å². The number of hydrogen-bond acceptors (Lipinski definition) is 6. The van der Waals surface area contributed by atoms with Crippen LogP contribution in [0.1, 0.15) is 38.4 Å². The Bertz CT molecular complexity index is 396. The largest absolute Gasteiger partial charge is 0.460 e. The number of nitrogens with one attached hydrogen (secondary N) is 1. The molecular weight excluding hydrogens is 248 g/mol. The zero-order valence-electron chi connectivity index (χ0n) is 12.0. The molecule has 0 amide bonds. The van der Waals surface area contributed by atoms with Crippen molar-refractivity contribution < 1.29 is 18.8 Å². The van der Waals surface area contributed by atoms with E-state index in [4.69, 9.17) is 14.0 Å². The molecular formula is C13H22N2O4. The summed E-state index contributed by atoms with van der Waals surface area (Å²) in [6.07, 6.45) is 1.91. The van der Waals surface area contributed by atoms with E-state index in [0.717, 1.165) is 11.3 Å². The molecule has 0 aliphatic carbocycles. The molecule has 0 aromatic carbocycles. The fraction of sp³-hybridized carbons (Fsp3) is 0.692. The number of hydrogen-bond donors (Lipinski definition) is 1. The maximum atomic E-state index is 11.5. The lowest BCUT2D eigenvalue weighted by atomic mass is 10.2. The summed E-state index contributed by atoms with van der Waals surface area (Å²) in [6.45, 7) is 7.11. The van der Waals surface area contributed by atoms with E-state index in [1.165, 1.54) is 0 Å². The normalized spacial score (nSPS) is 11.6. The topological polar surface area (TPSA) is 73.6 Å². The summed E-state index contributed by atoms with van der Waals surface area (Å²) in [5.74, 6) is -0.206. The zero-order valence-corrected chi connectivity index (χ0v) is 12.0. The van der Waals surface area contributed by atoms with Crippen LogP contribution in [0, 0.1) is 0 Å². The number of methoxy groups -OCH3 is 1. The van der Waals surface area contributed by atoms with Crippen molar-refractivity contribution in [3.05, 3.63) is 17.5 Å². The summed E-state index contributed by atoms with van der Waals surface area (Å²) in [6, 6.07) is 0. The highest BCUT2D eigenvalue weighted by atomic mass is 16.6. The first kappa shape index (κ1) is 15.7. The van der Waals surface area contributed by atoms with E-state index in [1.807, 2.05) is 20.8 Å². The molecule has 1 heterocycles. The molecule has 0 fully saturated rings. The second-order valence-corrected chi connectivity index (χ2v) is 5.23. The third-order valence-corrected chi connectivity index (χ3v) is 2.25. The van der Waals surface area contributed by atoms with Crippen molar-refractivity contribution in [3.8, 4) is 0 Å². The van der Waals surface area contributed by atoms with Gasteiger partial charge in [0.05, 0.1) is 13.0 Å². The number of ether oxygens (including phenoxy) is 2. The number of carbonyl (C=O) groups excluding carboxylic acids is 1. The molecule has 0 saturated carbocycles. The Balaban J connectivity index is 2.23. The maximum Gasteiger partial charge on any atom is 0.307 e. The molecule has 0 bridgehead atoms. The first-order valence-corrected chi connectivity index (χ1v) is 6.26. The predicted octanol–water partition coefficient (Wildman–Crippen LogP) is 1.64. The Morgan fingerprint density at radius 1 is 1.47 bits per heavy atom. The van der Waals surface area contributed by atoms with Crippen molar-refractivity contribution in [1.29, 1.82) is 0 Å². The minimum Gasteiger partial charge on any atom is -0.460 e. The lowest BCUT2D eigenvalue weighted by molar-refractivity contribution is -0.154. The molecule has 0 saturated heterocycles. The van der Waals surface area contributed by atoms with E-state index < -0.39 is 5.60 Å². The van der Waals surface area contributed by atoms with Crippen LogP contribution in [0.15, 0.2) is 10.8 Å². The highest BCUT2D eigenvalue weighted by Crippen LogP contribution is 2.09. The average molecular weight is 270 g/mol. The monoisotopic (exact) mass is 270 g/mol. The van der Waals surface area contributed by atoms with Crippen LogP contribution in [0.5, 0.6) is 0 Å². The maximum absolute atomic E-state index is 11.5. The first-order valence-electron chi connectivity index (χ1n) is 6.26. The van der Waals surface area contributed by atoms with E-state index in [0.29, 0.717) is 26.1 Å². The second kappa shape index (κ2) is 7.25. The van der Waals surface area contributed by atoms with Gasteiger partial charge in [-0.25, -0.2) is 0 Å². The van der Waals surface area contributed by atoms with Crippen LogP contribution in [0.2, 0.25) is 0 Å². The fourth-order valence-electron chi connectivity index (χ4n) is 1.49. The highest BCUT2D eigenvalue weighted by Gasteiger charge is 2.15. The quantitative estimate of drug-likeness (QED) is 0.600. The summed E-state index contributed by atoms with van der Waals surface area (Å²) in [5.41, 5.74) is 1.27. The minimum atomic E-state index is -0.433. The van der Waals surface area contributed by atoms with Crippen molar-refractivity contribution in [1.82, 2.24) is 10.5 Å². The predicted molar refractivity (Wildman–Crippen MR) is 69.4 cm³/mol. The molecule has 0 aliphatic rings. The standard InChI is InChI=1S/C13H22N2O4/c1-13(2,3)19-12(16)5-6-14-7-10-8-18-15-11(10)9-17-4/h8,14H,5-7,9H2,1-4H3. The van der Waals surface area contributed by atoms with Crippen LogP contribution in [0.3, 0.4) is 0 Å². The van der Waals surface area contributed by atoms with Crippen molar-refractivity contribution in [2.75, 3.05) is 13.7 Å². The SMILES string of the molecule is COCc1nocc1CNCCC(=O)OC(C)(C)C. The minimum absolute atomic E-state index is 0.206. The molecule has 19 heavy (non-hydrogen) atoms. The van der Waals surface area contributed by atoms with Gasteiger partial charge in [-0.05, 0) is 20.8 Å². The van der Waals surface area contributed by atoms with Crippen LogP contribution in [0.25, 0.3) is 0 Å². The molecule has 6 heteroatoms. The van der Waals surface area contributed by atoms with Crippen molar-refractivity contribution in [2.45, 2.75) is 45.9 Å². The number of rotatable bonds is 7. The number of carbonyl (C=O) groups is 1. The van der Waals surface area contributed by atoms with Gasteiger partial charge >= 0.3 is 5.97 Å². The van der Waals surface area contributed by atoms with Gasteiger partial charge in [0.1, 0.15) is 17.6 Å². The lowest BCUT2D eigenvalue weighted by Crippen LogP contribution is -2.26. The van der Waals surface area contributed by atoms with Gasteiger partial charge in [0, 0.05) is 25.8 Å². The van der Waals surface area contributed by atoms with Gasteiger partial charge in [0.2, 0.25) is 0 Å². The molecule has 1 aromatic rings. The molecule has 0 aliphatic heterocycles. The lowest BCUT2D eigenvalue weighted by Gasteiger charge is -2.19. The summed E-state index contributed by atoms with van der Waals surface area (Å²) in [5, 5.41) is 6.98. The Labute approximate surface area is 113 Å². The Hall–Kier alpha value is -1.40. The van der Waals surface area contributed by atoms with Gasteiger partial charge < -0.3 is 19.3 Å². The second-order valence-electron chi connectivity index (χ2n) is 5.23. The van der Waals surface area contributed by atoms with Gasteiger partial charge in [-0.1, -0.05) is 5.16 Å². The fourth-order valence-corrected chi connectivity index (χ4v) is 1.49. The molecule has 0 unspecified atom stereocenters. The Kier molecular flexibility index (Phi) is 5.98. The van der Waals surface area contributed by atoms with E-state index >= 15 is 0 Å². The average Bonchev–Trinajstić information content (AvgIpc) is 2.70. The molecule has 0 radical (unpaired) electrons. The molecule has 6 nitrogen and oxygen atoms in total. The molecule has 108 valence electrons. The van der Waals surface area contributed by atoms with Crippen molar-refractivity contribution in [2.24, 2.45) is 0 Å². The Morgan fingerprint density at radius 2 is 2.21 bits per heavy atom. The summed E-state index contributed by atoms with van der Waals surface area (Å²) in [4.78, 5) is 11.5. The molecule has 1 N–H and O–H groups in total. The van der Waals surface area contributed by atoms with Gasteiger partial charge in [0.15, 0.2) is 0 Å². The summed E-state index contributed by atoms with van der Waals surface area (Å²) < 4.78 is 15.1. The van der Waals surface area contributed by atoms with Gasteiger partial charge in [-0.3, -0.25) is 4.79 Å². The van der Waals surface area contributed by atoms with Crippen molar-refractivity contribution in [3.63, 3.8) is 0 Å². The molecule has 0 atom stereocenters. The van der Waals surface area contributed by atoms with Crippen LogP contribution < -0.4 is 5.32 Å². The zero-order chi connectivity index (χ0) is 14.3. The molecule has 1 aromatic heterocycles. The number of nitrogens with zero attached hydrogens (tertiary/aromatic N) is 1. The van der Waals surface area contributed by atoms with E-state index in [-0.39, 0.29) is 5.97 Å². The smallest absolute Gasteiger partial charge is 0.307 e. The number of esters is 1. The van der Waals surface area contributed by atoms with Crippen LogP contribution in [-0.2, 0) is 27.4 Å². The van der Waals surface area contributed by atoms with Crippen LogP contribution >= 0.6 is 0 Å². The third kappa shape index (κ3) is 6.35. The Morgan fingerprint density at radius 3 is 2.84 bits per heavy atom. The van der Waals surface area contributed by atoms with Crippen LogP contribution in [-0.4, -0.2) is 30.4 Å². The van der Waals surface area contributed by atoms with Gasteiger partial charge in [-0.2, -0.15) is 0 Å².